The minimum Gasteiger partial charge on any atom is -0.475 e. The van der Waals surface area contributed by atoms with Crippen molar-refractivity contribution in [2.24, 2.45) is 0 Å². The standard InChI is InChI=1S/C6H11NO.C2HF3O2/c1-2-6(7-3-1)4-8-5-6;3-2(4,5)1(6)7/h7H,1-5H2;(H,6,7). The summed E-state index contributed by atoms with van der Waals surface area (Å²) in [5.74, 6) is -2.76. The lowest BCUT2D eigenvalue weighted by Gasteiger charge is -2.37. The number of ether oxygens (including phenoxy) is 1. The number of rotatable bonds is 0. The molecule has 15 heavy (non-hydrogen) atoms. The van der Waals surface area contributed by atoms with Gasteiger partial charge in [0.05, 0.1) is 18.8 Å². The van der Waals surface area contributed by atoms with Crippen LogP contribution in [0.1, 0.15) is 12.8 Å². The van der Waals surface area contributed by atoms with E-state index in [1.807, 2.05) is 0 Å². The molecule has 0 aliphatic carbocycles. The zero-order valence-corrected chi connectivity index (χ0v) is 7.93. The Kier molecular flexibility index (Phi) is 3.56. The average Bonchev–Trinajstić information content (AvgIpc) is 2.49. The van der Waals surface area contributed by atoms with Crippen LogP contribution in [0.25, 0.3) is 0 Å². The van der Waals surface area contributed by atoms with Gasteiger partial charge >= 0.3 is 12.1 Å². The monoisotopic (exact) mass is 227 g/mol. The van der Waals surface area contributed by atoms with Gasteiger partial charge in [0.15, 0.2) is 0 Å². The van der Waals surface area contributed by atoms with E-state index in [1.54, 1.807) is 0 Å². The quantitative estimate of drug-likeness (QED) is 0.641. The molecule has 2 saturated heterocycles. The van der Waals surface area contributed by atoms with Crippen molar-refractivity contribution < 1.29 is 27.8 Å². The molecule has 0 aromatic rings. The molecule has 0 saturated carbocycles. The third-order valence-corrected chi connectivity index (χ3v) is 2.33. The second-order valence-electron chi connectivity index (χ2n) is 3.61. The zero-order valence-electron chi connectivity index (χ0n) is 7.93. The van der Waals surface area contributed by atoms with Crippen molar-refractivity contribution in [3.63, 3.8) is 0 Å². The van der Waals surface area contributed by atoms with E-state index >= 15 is 0 Å². The fourth-order valence-corrected chi connectivity index (χ4v) is 1.46. The summed E-state index contributed by atoms with van der Waals surface area (Å²) in [6.45, 7) is 3.10. The van der Waals surface area contributed by atoms with Gasteiger partial charge in [-0.15, -0.1) is 0 Å². The summed E-state index contributed by atoms with van der Waals surface area (Å²) in [7, 11) is 0. The molecule has 2 fully saturated rings. The lowest BCUT2D eigenvalue weighted by molar-refractivity contribution is -0.192. The molecule has 2 N–H and O–H groups in total. The van der Waals surface area contributed by atoms with E-state index in [2.05, 4.69) is 5.32 Å². The van der Waals surface area contributed by atoms with E-state index in [4.69, 9.17) is 14.6 Å². The van der Waals surface area contributed by atoms with Crippen LogP contribution in [0.15, 0.2) is 0 Å². The second-order valence-corrected chi connectivity index (χ2v) is 3.61. The zero-order chi connectivity index (χ0) is 11.5. The van der Waals surface area contributed by atoms with E-state index < -0.39 is 12.1 Å². The Balaban J connectivity index is 0.000000153. The maximum Gasteiger partial charge on any atom is 0.490 e. The highest BCUT2D eigenvalue weighted by molar-refractivity contribution is 5.73. The number of carbonyl (C=O) groups is 1. The highest BCUT2D eigenvalue weighted by Crippen LogP contribution is 2.26. The first kappa shape index (κ1) is 12.3. The highest BCUT2D eigenvalue weighted by atomic mass is 19.4. The predicted molar refractivity (Wildman–Crippen MR) is 44.5 cm³/mol. The van der Waals surface area contributed by atoms with Crippen LogP contribution in [0.5, 0.6) is 0 Å². The van der Waals surface area contributed by atoms with Gasteiger partial charge < -0.3 is 15.2 Å². The van der Waals surface area contributed by atoms with Crippen LogP contribution in [-0.2, 0) is 9.53 Å². The third-order valence-electron chi connectivity index (χ3n) is 2.33. The molecule has 2 aliphatic rings. The van der Waals surface area contributed by atoms with Gasteiger partial charge in [0.1, 0.15) is 0 Å². The first-order valence-corrected chi connectivity index (χ1v) is 4.49. The summed E-state index contributed by atoms with van der Waals surface area (Å²) in [5.41, 5.74) is 0.444. The molecule has 0 unspecified atom stereocenters. The summed E-state index contributed by atoms with van der Waals surface area (Å²) >= 11 is 0. The number of alkyl halides is 3. The molecule has 0 aromatic heterocycles. The topological polar surface area (TPSA) is 58.6 Å². The fraction of sp³-hybridized carbons (Fsp3) is 0.875. The van der Waals surface area contributed by atoms with Gasteiger partial charge in [0.25, 0.3) is 0 Å². The molecule has 88 valence electrons. The molecule has 0 aromatic carbocycles. The summed E-state index contributed by atoms with van der Waals surface area (Å²) in [6.07, 6.45) is -2.42. The van der Waals surface area contributed by atoms with Crippen molar-refractivity contribution in [3.05, 3.63) is 0 Å². The summed E-state index contributed by atoms with van der Waals surface area (Å²) < 4.78 is 36.8. The predicted octanol–water partition coefficient (Wildman–Crippen LogP) is 0.772. The summed E-state index contributed by atoms with van der Waals surface area (Å²) in [5, 5.41) is 10.6. The number of halogens is 3. The molecule has 1 spiro atoms. The number of carboxylic acid groups (broad SMARTS) is 1. The van der Waals surface area contributed by atoms with Gasteiger partial charge in [-0.1, -0.05) is 0 Å². The average molecular weight is 227 g/mol. The largest absolute Gasteiger partial charge is 0.490 e. The number of hydrogen-bond donors (Lipinski definition) is 2. The van der Waals surface area contributed by atoms with Gasteiger partial charge in [0, 0.05) is 0 Å². The van der Waals surface area contributed by atoms with Crippen LogP contribution in [0.2, 0.25) is 0 Å². The van der Waals surface area contributed by atoms with Crippen LogP contribution in [-0.4, -0.2) is 42.5 Å². The Morgan fingerprint density at radius 3 is 2.07 bits per heavy atom. The van der Waals surface area contributed by atoms with Crippen molar-refractivity contribution in [3.8, 4) is 0 Å². The van der Waals surface area contributed by atoms with Crippen LogP contribution in [0.4, 0.5) is 13.2 Å². The molecule has 2 heterocycles. The molecule has 0 radical (unpaired) electrons. The van der Waals surface area contributed by atoms with Gasteiger partial charge in [0.2, 0.25) is 0 Å². The first-order valence-electron chi connectivity index (χ1n) is 4.49. The fourth-order valence-electron chi connectivity index (χ4n) is 1.46. The molecule has 0 bridgehead atoms. The Bertz CT molecular complexity index is 230. The summed E-state index contributed by atoms with van der Waals surface area (Å²) in [6, 6.07) is 0. The van der Waals surface area contributed by atoms with Crippen LogP contribution in [0, 0.1) is 0 Å². The molecule has 4 nitrogen and oxygen atoms in total. The summed E-state index contributed by atoms with van der Waals surface area (Å²) in [4.78, 5) is 8.90. The van der Waals surface area contributed by atoms with Gasteiger partial charge in [-0.2, -0.15) is 13.2 Å². The number of hydrogen-bond acceptors (Lipinski definition) is 3. The molecule has 0 atom stereocenters. The Morgan fingerprint density at radius 1 is 1.40 bits per heavy atom. The third kappa shape index (κ3) is 3.35. The van der Waals surface area contributed by atoms with Gasteiger partial charge in [-0.05, 0) is 19.4 Å². The van der Waals surface area contributed by atoms with E-state index in [9.17, 15) is 13.2 Å². The second kappa shape index (κ2) is 4.36. The number of nitrogens with one attached hydrogen (secondary N) is 1. The highest BCUT2D eigenvalue weighted by Gasteiger charge is 2.40. The van der Waals surface area contributed by atoms with E-state index in [0.29, 0.717) is 5.54 Å². The van der Waals surface area contributed by atoms with E-state index in [1.165, 1.54) is 19.4 Å². The van der Waals surface area contributed by atoms with E-state index in [0.717, 1.165) is 13.2 Å². The Labute approximate surface area is 84.4 Å². The smallest absolute Gasteiger partial charge is 0.475 e. The SMILES string of the molecule is C1CNC2(C1)COC2.O=C(O)C(F)(F)F. The van der Waals surface area contributed by atoms with Gasteiger partial charge in [-0.3, -0.25) is 0 Å². The van der Waals surface area contributed by atoms with E-state index in [-0.39, 0.29) is 0 Å². The maximum absolute atomic E-state index is 10.6. The number of carboxylic acids is 1. The maximum atomic E-state index is 10.6. The molecular formula is C8H12F3NO3. The molecule has 2 rings (SSSR count). The lowest BCUT2D eigenvalue weighted by atomic mass is 9.96. The van der Waals surface area contributed by atoms with Gasteiger partial charge in [-0.25, -0.2) is 4.79 Å². The Hall–Kier alpha value is -0.820. The van der Waals surface area contributed by atoms with Crippen LogP contribution >= 0.6 is 0 Å². The lowest BCUT2D eigenvalue weighted by Crippen LogP contribution is -2.56. The van der Waals surface area contributed by atoms with Crippen LogP contribution in [0.3, 0.4) is 0 Å². The van der Waals surface area contributed by atoms with Crippen LogP contribution < -0.4 is 5.32 Å². The first-order chi connectivity index (χ1) is 6.86. The molecule has 0 amide bonds. The van der Waals surface area contributed by atoms with Crippen molar-refractivity contribution in [2.75, 3.05) is 19.8 Å². The minimum atomic E-state index is -5.08. The van der Waals surface area contributed by atoms with Crippen molar-refractivity contribution in [2.45, 2.75) is 24.6 Å². The normalized spacial score (nSPS) is 22.9. The number of aliphatic carboxylic acids is 1. The van der Waals surface area contributed by atoms with Crippen molar-refractivity contribution in [1.82, 2.24) is 5.32 Å². The van der Waals surface area contributed by atoms with Crippen molar-refractivity contribution in [1.29, 1.82) is 0 Å². The van der Waals surface area contributed by atoms with Crippen molar-refractivity contribution >= 4 is 5.97 Å². The molecule has 7 heteroatoms. The Morgan fingerprint density at radius 2 is 1.93 bits per heavy atom. The molecule has 2 aliphatic heterocycles. The minimum absolute atomic E-state index is 0.444. The molecular weight excluding hydrogens is 215 g/mol.